The summed E-state index contributed by atoms with van der Waals surface area (Å²) in [5.74, 6) is -2.58. The predicted octanol–water partition coefficient (Wildman–Crippen LogP) is 2.81. The summed E-state index contributed by atoms with van der Waals surface area (Å²) in [5, 5.41) is 13.9. The van der Waals surface area contributed by atoms with Crippen molar-refractivity contribution >= 4 is 33.8 Å². The quantitative estimate of drug-likeness (QED) is 0.178. The van der Waals surface area contributed by atoms with Gasteiger partial charge < -0.3 is 20.6 Å². The maximum absolute atomic E-state index is 13.8. The monoisotopic (exact) mass is 600 g/mol. The number of rotatable bonds is 15. The van der Waals surface area contributed by atoms with Crippen molar-refractivity contribution in [3.63, 3.8) is 0 Å². The molecule has 0 spiro atoms. The van der Waals surface area contributed by atoms with Crippen LogP contribution in [0.3, 0.4) is 0 Å². The number of hydrogen-bond acceptors (Lipinski definition) is 6. The Morgan fingerprint density at radius 2 is 1.81 bits per heavy atom. The number of nitrogens with one attached hydrogen (secondary N) is 3. The highest BCUT2D eigenvalue weighted by molar-refractivity contribution is 7.91. The molecule has 42 heavy (non-hydrogen) atoms. The van der Waals surface area contributed by atoms with Crippen LogP contribution in [-0.2, 0) is 24.4 Å². The molecular weight excluding hydrogens is 560 g/mol. The van der Waals surface area contributed by atoms with Crippen molar-refractivity contribution in [2.24, 2.45) is 5.92 Å². The van der Waals surface area contributed by atoms with E-state index in [2.05, 4.69) is 28.5 Å². The van der Waals surface area contributed by atoms with Crippen molar-refractivity contribution in [1.29, 1.82) is 0 Å². The lowest BCUT2D eigenvalue weighted by atomic mass is 9.96. The molecule has 0 bridgehead atoms. The van der Waals surface area contributed by atoms with Crippen LogP contribution in [-0.4, -0.2) is 71.7 Å². The van der Waals surface area contributed by atoms with Crippen LogP contribution in [0, 0.1) is 5.92 Å². The number of carbonyl (C=O) groups is 4. The topological polar surface area (TPSA) is 162 Å². The van der Waals surface area contributed by atoms with Crippen LogP contribution >= 0.6 is 0 Å². The smallest absolute Gasteiger partial charge is 0.405 e. The van der Waals surface area contributed by atoms with E-state index in [4.69, 9.17) is 0 Å². The van der Waals surface area contributed by atoms with E-state index in [1.807, 2.05) is 30.3 Å². The molecule has 1 aromatic carbocycles. The zero-order chi connectivity index (χ0) is 30.5. The third kappa shape index (κ3) is 7.21. The number of benzene rings is 1. The maximum atomic E-state index is 13.8. The standard InChI is InChI=1S/C30H40N4O7S/c1-3-5-6-7-11-14-24(31-29(38)39)27(36)34-19-21(20-12-9-8-10-13-20)17-25(34)26(35)32-30(18-22(30)4-2)28(37)33-42(40,41)23-15-16-23/h3-4,8-10,12-13,21-25,31H,1-2,5-7,11,14-19H2,(H,32,35)(H,33,37)(H,38,39)/t21-,22-,24+,25+,30-/m1/s1. The Balaban J connectivity index is 1.55. The van der Waals surface area contributed by atoms with Gasteiger partial charge >= 0.3 is 6.09 Å². The highest BCUT2D eigenvalue weighted by Gasteiger charge is 2.62. The number of nitrogens with zero attached hydrogens (tertiary/aromatic N) is 1. The van der Waals surface area contributed by atoms with Crippen molar-refractivity contribution in [3.05, 3.63) is 61.2 Å². The second-order valence-corrected chi connectivity index (χ2v) is 13.4. The molecule has 4 amide bonds. The molecule has 1 aliphatic heterocycles. The summed E-state index contributed by atoms with van der Waals surface area (Å²) >= 11 is 0. The third-order valence-electron chi connectivity index (χ3n) is 8.40. The first-order valence-electron chi connectivity index (χ1n) is 14.5. The van der Waals surface area contributed by atoms with E-state index in [0.29, 0.717) is 19.3 Å². The van der Waals surface area contributed by atoms with E-state index >= 15 is 0 Å². The third-order valence-corrected chi connectivity index (χ3v) is 10.2. The number of carboxylic acid groups (broad SMARTS) is 1. The lowest BCUT2D eigenvalue weighted by molar-refractivity contribution is -0.141. The minimum Gasteiger partial charge on any atom is -0.465 e. The van der Waals surface area contributed by atoms with Crippen LogP contribution in [0.1, 0.15) is 69.3 Å². The summed E-state index contributed by atoms with van der Waals surface area (Å²) < 4.78 is 27.1. The summed E-state index contributed by atoms with van der Waals surface area (Å²) in [5.41, 5.74) is -0.555. The zero-order valence-electron chi connectivity index (χ0n) is 23.7. The number of likely N-dealkylation sites (tertiary alicyclic amines) is 1. The van der Waals surface area contributed by atoms with E-state index in [0.717, 1.165) is 24.8 Å². The molecule has 3 fully saturated rings. The van der Waals surface area contributed by atoms with E-state index in [-0.39, 0.29) is 31.7 Å². The van der Waals surface area contributed by atoms with Crippen molar-refractivity contribution in [1.82, 2.24) is 20.3 Å². The Labute approximate surface area is 246 Å². The van der Waals surface area contributed by atoms with Crippen molar-refractivity contribution in [2.45, 2.75) is 86.6 Å². The average molecular weight is 601 g/mol. The Morgan fingerprint density at radius 1 is 1.10 bits per heavy atom. The summed E-state index contributed by atoms with van der Waals surface area (Å²) in [4.78, 5) is 53.9. The number of amides is 4. The Morgan fingerprint density at radius 3 is 2.40 bits per heavy atom. The minimum absolute atomic E-state index is 0.185. The molecule has 4 rings (SSSR count). The summed E-state index contributed by atoms with van der Waals surface area (Å²) in [6.45, 7) is 7.62. The molecule has 4 N–H and O–H groups in total. The van der Waals surface area contributed by atoms with Gasteiger partial charge in [0.05, 0.1) is 5.25 Å². The molecule has 2 saturated carbocycles. The highest BCUT2D eigenvalue weighted by Crippen LogP contribution is 2.46. The van der Waals surface area contributed by atoms with Crippen LogP contribution in [0.4, 0.5) is 4.79 Å². The SMILES string of the molecule is C=CCCCCC[C@H](NC(=O)O)C(=O)N1C[C@H](c2ccccc2)C[C@H]1C(=O)N[C@]1(C(=O)NS(=O)(=O)C2CC2)C[C@H]1C=C. The normalized spacial score (nSPS) is 25.6. The first-order chi connectivity index (χ1) is 20.0. The van der Waals surface area contributed by atoms with Gasteiger partial charge in [-0.25, -0.2) is 13.2 Å². The number of unbranched alkanes of at least 4 members (excludes halogenated alkanes) is 3. The second kappa shape index (κ2) is 13.1. The van der Waals surface area contributed by atoms with Crippen LogP contribution in [0.25, 0.3) is 0 Å². The molecule has 0 aromatic heterocycles. The Kier molecular flexibility index (Phi) is 9.75. The molecule has 1 aromatic rings. The van der Waals surface area contributed by atoms with Gasteiger partial charge in [-0.2, -0.15) is 0 Å². The minimum atomic E-state index is -3.84. The second-order valence-electron chi connectivity index (χ2n) is 11.5. The van der Waals surface area contributed by atoms with Gasteiger partial charge in [-0.15, -0.1) is 13.2 Å². The van der Waals surface area contributed by atoms with Gasteiger partial charge in [0.2, 0.25) is 21.8 Å². The van der Waals surface area contributed by atoms with Crippen LogP contribution in [0.5, 0.6) is 0 Å². The Bertz CT molecular complexity index is 1310. The van der Waals surface area contributed by atoms with Crippen molar-refractivity contribution < 1.29 is 32.7 Å². The number of sulfonamides is 1. The van der Waals surface area contributed by atoms with Crippen LogP contribution in [0.2, 0.25) is 0 Å². The molecule has 0 radical (unpaired) electrons. The first-order valence-corrected chi connectivity index (χ1v) is 16.0. The van der Waals surface area contributed by atoms with Crippen molar-refractivity contribution in [3.8, 4) is 0 Å². The van der Waals surface area contributed by atoms with E-state index < -0.39 is 62.6 Å². The van der Waals surface area contributed by atoms with E-state index in [1.54, 1.807) is 6.08 Å². The van der Waals surface area contributed by atoms with Gasteiger partial charge in [-0.3, -0.25) is 19.1 Å². The Hall–Kier alpha value is -3.67. The van der Waals surface area contributed by atoms with Crippen LogP contribution in [0.15, 0.2) is 55.6 Å². The lowest BCUT2D eigenvalue weighted by Gasteiger charge is -2.29. The molecular formula is C30H40N4O7S. The van der Waals surface area contributed by atoms with Crippen molar-refractivity contribution in [2.75, 3.05) is 6.54 Å². The number of hydrogen-bond donors (Lipinski definition) is 4. The number of carbonyl (C=O) groups excluding carboxylic acids is 3. The molecule has 2 aliphatic carbocycles. The fourth-order valence-electron chi connectivity index (χ4n) is 5.73. The van der Waals surface area contributed by atoms with E-state index in [1.165, 1.54) is 11.0 Å². The van der Waals surface area contributed by atoms with Gasteiger partial charge in [-0.05, 0) is 50.5 Å². The summed E-state index contributed by atoms with van der Waals surface area (Å²) in [6, 6.07) is 7.39. The van der Waals surface area contributed by atoms with E-state index in [9.17, 15) is 32.7 Å². The summed E-state index contributed by atoms with van der Waals surface area (Å²) in [7, 11) is -3.84. The largest absolute Gasteiger partial charge is 0.465 e. The maximum Gasteiger partial charge on any atom is 0.405 e. The van der Waals surface area contributed by atoms with Gasteiger partial charge in [0.1, 0.15) is 17.6 Å². The zero-order valence-corrected chi connectivity index (χ0v) is 24.5. The predicted molar refractivity (Wildman–Crippen MR) is 157 cm³/mol. The molecule has 12 heteroatoms. The molecule has 1 heterocycles. The fraction of sp³-hybridized carbons (Fsp3) is 0.533. The molecule has 228 valence electrons. The van der Waals surface area contributed by atoms with Gasteiger partial charge in [0.15, 0.2) is 0 Å². The van der Waals surface area contributed by atoms with Gasteiger partial charge in [-0.1, -0.05) is 55.3 Å². The molecule has 3 aliphatic rings. The van der Waals surface area contributed by atoms with Crippen LogP contribution < -0.4 is 15.4 Å². The van der Waals surface area contributed by atoms with Gasteiger partial charge in [0, 0.05) is 18.4 Å². The first kappa shape index (κ1) is 31.3. The van der Waals surface area contributed by atoms with Gasteiger partial charge in [0.25, 0.3) is 5.91 Å². The lowest BCUT2D eigenvalue weighted by Crippen LogP contribution is -2.58. The fourth-order valence-corrected chi connectivity index (χ4v) is 7.10. The molecule has 11 nitrogen and oxygen atoms in total. The summed E-state index contributed by atoms with van der Waals surface area (Å²) in [6.07, 6.45) is 6.74. The molecule has 5 atom stereocenters. The molecule has 0 unspecified atom stereocenters. The molecule has 1 saturated heterocycles. The number of allylic oxidation sites excluding steroid dienone is 1. The average Bonchev–Trinajstić information content (AvgIpc) is 3.88. The highest BCUT2D eigenvalue weighted by atomic mass is 32.2.